The number of likely N-dealkylation sites (N-methyl/N-ethyl adjacent to an activating group) is 1. The zero-order valence-electron chi connectivity index (χ0n) is 14.8. The van der Waals surface area contributed by atoms with Crippen LogP contribution in [-0.2, 0) is 0 Å². The van der Waals surface area contributed by atoms with Crippen LogP contribution < -0.4 is 5.32 Å². The van der Waals surface area contributed by atoms with Crippen LogP contribution in [0.1, 0.15) is 64.2 Å². The summed E-state index contributed by atoms with van der Waals surface area (Å²) in [5, 5.41) is 3.56. The van der Waals surface area contributed by atoms with Crippen molar-refractivity contribution in [2.45, 2.75) is 70.3 Å². The monoisotopic (exact) mass is 301 g/mol. The first kappa shape index (κ1) is 20.1. The van der Waals surface area contributed by atoms with E-state index in [0.717, 1.165) is 11.0 Å². The maximum atomic E-state index is 3.56. The van der Waals surface area contributed by atoms with Gasteiger partial charge in [-0.1, -0.05) is 63.8 Å². The van der Waals surface area contributed by atoms with Gasteiger partial charge in [0.2, 0.25) is 0 Å². The largest absolute Gasteiger partial charge is 0.330 e. The summed E-state index contributed by atoms with van der Waals surface area (Å²) >= 11 is 0. The first-order valence-electron chi connectivity index (χ1n) is 9.07. The van der Waals surface area contributed by atoms with Crippen molar-refractivity contribution in [2.75, 3.05) is 40.8 Å². The molecular formula is C17H41N2Si+. The maximum absolute atomic E-state index is 3.56. The molecule has 0 aliphatic heterocycles. The molecule has 0 saturated heterocycles. The third kappa shape index (κ3) is 18.1. The van der Waals surface area contributed by atoms with Gasteiger partial charge in [0.25, 0.3) is 0 Å². The molecule has 20 heavy (non-hydrogen) atoms. The van der Waals surface area contributed by atoms with Gasteiger partial charge in [-0.05, 0) is 13.0 Å². The summed E-state index contributed by atoms with van der Waals surface area (Å²) in [4.78, 5) is 0. The molecule has 0 aromatic rings. The lowest BCUT2D eigenvalue weighted by Crippen LogP contribution is -2.40. The van der Waals surface area contributed by atoms with E-state index in [4.69, 9.17) is 0 Å². The van der Waals surface area contributed by atoms with E-state index < -0.39 is 0 Å². The van der Waals surface area contributed by atoms with E-state index in [9.17, 15) is 0 Å². The molecule has 3 heteroatoms. The van der Waals surface area contributed by atoms with E-state index in [1.807, 2.05) is 0 Å². The average molecular weight is 302 g/mol. The Morgan fingerprint density at radius 1 is 0.650 bits per heavy atom. The molecule has 0 amide bonds. The topological polar surface area (TPSA) is 12.0 Å². The zero-order chi connectivity index (χ0) is 15.1. The van der Waals surface area contributed by atoms with Crippen LogP contribution in [0.25, 0.3) is 0 Å². The Hall–Kier alpha value is 0.137. The Morgan fingerprint density at radius 2 is 1.10 bits per heavy atom. The lowest BCUT2D eigenvalue weighted by atomic mass is 10.1. The van der Waals surface area contributed by atoms with E-state index >= 15 is 0 Å². The van der Waals surface area contributed by atoms with Crippen molar-refractivity contribution < 1.29 is 4.48 Å². The first-order chi connectivity index (χ1) is 9.56. The molecule has 122 valence electrons. The van der Waals surface area contributed by atoms with E-state index in [1.165, 1.54) is 93.6 Å². The Labute approximate surface area is 131 Å². The molecule has 0 atom stereocenters. The third-order valence-electron chi connectivity index (χ3n) is 3.92. The second-order valence-electron chi connectivity index (χ2n) is 7.30. The van der Waals surface area contributed by atoms with Gasteiger partial charge in [0.05, 0.1) is 27.7 Å². The van der Waals surface area contributed by atoms with Gasteiger partial charge in [-0.15, -0.1) is 0 Å². The van der Waals surface area contributed by atoms with Gasteiger partial charge in [0, 0.05) is 16.8 Å². The summed E-state index contributed by atoms with van der Waals surface area (Å²) < 4.78 is 1.06. The molecule has 0 aliphatic carbocycles. The van der Waals surface area contributed by atoms with Gasteiger partial charge >= 0.3 is 0 Å². The molecule has 0 bridgehead atoms. The number of hydrogen-bond donors (Lipinski definition) is 1. The van der Waals surface area contributed by atoms with E-state index in [2.05, 4.69) is 26.5 Å². The maximum Gasteiger partial charge on any atom is 0.0907 e. The van der Waals surface area contributed by atoms with Gasteiger partial charge in [-0.3, -0.25) is 0 Å². The molecule has 0 unspecified atom stereocenters. The van der Waals surface area contributed by atoms with Gasteiger partial charge in [-0.2, -0.15) is 0 Å². The van der Waals surface area contributed by atoms with Crippen molar-refractivity contribution in [3.63, 3.8) is 0 Å². The fourth-order valence-electron chi connectivity index (χ4n) is 2.45. The smallest absolute Gasteiger partial charge is 0.0907 e. The Balaban J connectivity index is 2.99. The Kier molecular flexibility index (Phi) is 14.2. The van der Waals surface area contributed by atoms with Crippen LogP contribution in [0, 0.1) is 0 Å². The summed E-state index contributed by atoms with van der Waals surface area (Å²) in [6.07, 6.45) is 14.6. The lowest BCUT2D eigenvalue weighted by molar-refractivity contribution is -0.869. The normalized spacial score (nSPS) is 12.2. The van der Waals surface area contributed by atoms with Crippen molar-refractivity contribution >= 4 is 10.2 Å². The first-order valence-corrected chi connectivity index (χ1v) is 10.5. The Morgan fingerprint density at radius 3 is 1.55 bits per heavy atom. The van der Waals surface area contributed by atoms with Crippen LogP contribution in [0.4, 0.5) is 0 Å². The number of nitrogens with zero attached hydrogens (tertiary/aromatic N) is 1. The quantitative estimate of drug-likeness (QED) is 0.279. The number of hydrogen-bond acceptors (Lipinski definition) is 1. The van der Waals surface area contributed by atoms with Gasteiger partial charge in [0.1, 0.15) is 0 Å². The number of quaternary nitrogens is 1. The lowest BCUT2D eigenvalue weighted by Gasteiger charge is -2.23. The summed E-state index contributed by atoms with van der Waals surface area (Å²) in [7, 11) is 8.17. The highest BCUT2D eigenvalue weighted by Crippen LogP contribution is 2.10. The summed E-state index contributed by atoms with van der Waals surface area (Å²) in [6.45, 7) is 3.59. The molecule has 0 rings (SSSR count). The zero-order valence-corrected chi connectivity index (χ0v) is 16.8. The molecule has 0 aliphatic rings. The highest BCUT2D eigenvalue weighted by molar-refractivity contribution is 6.08. The average Bonchev–Trinajstić information content (AvgIpc) is 2.38. The van der Waals surface area contributed by atoms with Gasteiger partial charge < -0.3 is 9.80 Å². The van der Waals surface area contributed by atoms with Crippen molar-refractivity contribution in [1.82, 2.24) is 5.32 Å². The van der Waals surface area contributed by atoms with Crippen LogP contribution in [0.5, 0.6) is 0 Å². The molecule has 0 spiro atoms. The number of unbranched alkanes of at least 4 members (excludes halogenated alkanes) is 9. The summed E-state index contributed by atoms with van der Waals surface area (Å²) in [6, 6.07) is 1.50. The van der Waals surface area contributed by atoms with Crippen molar-refractivity contribution in [3.8, 4) is 0 Å². The predicted molar refractivity (Wildman–Crippen MR) is 96.7 cm³/mol. The molecule has 0 heterocycles. The van der Waals surface area contributed by atoms with Crippen molar-refractivity contribution in [3.05, 3.63) is 0 Å². The molecule has 1 N–H and O–H groups in total. The minimum atomic E-state index is 1.06. The molecule has 0 radical (unpaired) electrons. The fraction of sp³-hybridized carbons (Fsp3) is 1.00. The third-order valence-corrected chi connectivity index (χ3v) is 4.62. The number of nitrogens with one attached hydrogen (secondary N) is 1. The van der Waals surface area contributed by atoms with E-state index in [0.29, 0.717) is 0 Å². The Bertz CT molecular complexity index is 190. The van der Waals surface area contributed by atoms with Crippen LogP contribution >= 0.6 is 0 Å². The second-order valence-corrected chi connectivity index (χ2v) is 8.30. The number of rotatable bonds is 15. The molecule has 2 nitrogen and oxygen atoms in total. The van der Waals surface area contributed by atoms with Crippen molar-refractivity contribution in [1.29, 1.82) is 0 Å². The molecule has 0 saturated carbocycles. The summed E-state index contributed by atoms with van der Waals surface area (Å²) in [5.41, 5.74) is 0. The summed E-state index contributed by atoms with van der Waals surface area (Å²) in [5.74, 6) is 0. The van der Waals surface area contributed by atoms with E-state index in [1.54, 1.807) is 0 Å². The minimum Gasteiger partial charge on any atom is -0.330 e. The molecular weight excluding hydrogens is 260 g/mol. The van der Waals surface area contributed by atoms with Gasteiger partial charge in [-0.25, -0.2) is 0 Å². The standard InChI is InChI=1S/C17H41N2Si/c1-19(2,3)16-15-18-14-12-10-8-6-4-5-7-9-11-13-17-20/h18H,4-17H2,1-3,20H3/q+1. The van der Waals surface area contributed by atoms with Crippen LogP contribution in [0.2, 0.25) is 6.04 Å². The highest BCUT2D eigenvalue weighted by atomic mass is 28.1. The van der Waals surface area contributed by atoms with Crippen LogP contribution in [-0.4, -0.2) is 55.5 Å². The fourth-order valence-corrected chi connectivity index (χ4v) is 2.95. The minimum absolute atomic E-state index is 1.06. The molecule has 0 aromatic carbocycles. The highest BCUT2D eigenvalue weighted by Gasteiger charge is 2.04. The van der Waals surface area contributed by atoms with E-state index in [-0.39, 0.29) is 0 Å². The molecule has 0 fully saturated rings. The van der Waals surface area contributed by atoms with Gasteiger partial charge in [0.15, 0.2) is 0 Å². The second kappa shape index (κ2) is 14.1. The molecule has 0 aromatic heterocycles. The van der Waals surface area contributed by atoms with Crippen molar-refractivity contribution in [2.24, 2.45) is 0 Å². The predicted octanol–water partition coefficient (Wildman–Crippen LogP) is 2.97. The SMILES string of the molecule is C[N+](C)(C)CCNCCCCCCCCCCCC[SiH3]. The van der Waals surface area contributed by atoms with Crippen LogP contribution in [0.15, 0.2) is 0 Å². The van der Waals surface area contributed by atoms with Crippen LogP contribution in [0.3, 0.4) is 0 Å².